The Morgan fingerprint density at radius 2 is 0.742 bits per heavy atom. The molecule has 0 N–H and O–H groups in total. The molecule has 0 fully saturated rings. The van der Waals surface area contributed by atoms with Crippen LogP contribution in [0, 0.1) is 0 Å². The molecular formula is C52H28N2O7P+. The van der Waals surface area contributed by atoms with Crippen LogP contribution < -0.4 is 41.8 Å². The van der Waals surface area contributed by atoms with Crippen molar-refractivity contribution >= 4 is 94.6 Å². The van der Waals surface area contributed by atoms with Crippen LogP contribution in [0.4, 0.5) is 0 Å². The molecule has 9 nitrogen and oxygen atoms in total. The fourth-order valence-electron chi connectivity index (χ4n) is 9.04. The predicted octanol–water partition coefficient (Wildman–Crippen LogP) is 9.79. The van der Waals surface area contributed by atoms with Gasteiger partial charge in [0.1, 0.15) is 23.0 Å². The van der Waals surface area contributed by atoms with E-state index < -0.39 is 7.80 Å². The zero-order chi connectivity index (χ0) is 41.8. The van der Waals surface area contributed by atoms with Crippen LogP contribution in [0.5, 0.6) is 23.0 Å². The Labute approximate surface area is 350 Å². The summed E-state index contributed by atoms with van der Waals surface area (Å²) >= 11 is 0. The van der Waals surface area contributed by atoms with E-state index in [0.717, 1.165) is 0 Å². The van der Waals surface area contributed by atoms with Crippen LogP contribution in [0.15, 0.2) is 189 Å². The molecule has 0 amide bonds. The maximum absolute atomic E-state index is 14.7. The number of fused-ring (bicyclic) bond motifs is 8. The molecule has 292 valence electrons. The Balaban J connectivity index is 1.05. The van der Waals surface area contributed by atoms with Crippen LogP contribution in [0.2, 0.25) is 0 Å². The van der Waals surface area contributed by atoms with Gasteiger partial charge in [0.05, 0.1) is 54.6 Å². The number of pyridine rings is 4. The van der Waals surface area contributed by atoms with Gasteiger partial charge in [-0.25, -0.2) is 0 Å². The number of ether oxygens (including phenoxy) is 2. The van der Waals surface area contributed by atoms with Crippen LogP contribution >= 0.6 is 7.80 Å². The molecule has 12 rings (SSSR count). The molecule has 0 spiro atoms. The Kier molecular flexibility index (Phi) is 7.69. The largest absolute Gasteiger partial charge is 0.457 e. The van der Waals surface area contributed by atoms with Crippen molar-refractivity contribution in [3.8, 4) is 23.0 Å². The summed E-state index contributed by atoms with van der Waals surface area (Å²) in [6, 6.07) is 49.7. The second-order valence-corrected chi connectivity index (χ2v) is 16.8. The van der Waals surface area contributed by atoms with Gasteiger partial charge in [-0.1, -0.05) is 65.2 Å². The topological polar surface area (TPSA) is 113 Å². The molecule has 4 heterocycles. The molecule has 0 radical (unpaired) electrons. The first kappa shape index (κ1) is 35.7. The van der Waals surface area contributed by atoms with Crippen LogP contribution in [0.25, 0.3) is 76.2 Å². The summed E-state index contributed by atoms with van der Waals surface area (Å²) < 4.78 is 31.0. The highest BCUT2D eigenvalue weighted by Crippen LogP contribution is 2.37. The smallest absolute Gasteiger partial charge is 0.415 e. The number of hydrogen-bond acceptors (Lipinski definition) is 7. The number of benzene rings is 8. The molecule has 0 aliphatic heterocycles. The fraction of sp³-hybridized carbons (Fsp3) is 0. The first-order chi connectivity index (χ1) is 30.4. The van der Waals surface area contributed by atoms with E-state index in [0.29, 0.717) is 99.0 Å². The summed E-state index contributed by atoms with van der Waals surface area (Å²) in [4.78, 5) is 57.3. The Morgan fingerprint density at radius 1 is 0.355 bits per heavy atom. The summed E-state index contributed by atoms with van der Waals surface area (Å²) in [5, 5.41) is 3.55. The van der Waals surface area contributed by atoms with Crippen molar-refractivity contribution in [3.05, 3.63) is 211 Å². The van der Waals surface area contributed by atoms with Gasteiger partial charge in [0, 0.05) is 33.7 Å². The van der Waals surface area contributed by atoms with Gasteiger partial charge in [-0.2, -0.15) is 0 Å². The molecular weight excluding hydrogens is 796 g/mol. The van der Waals surface area contributed by atoms with Crippen LogP contribution in [0.3, 0.4) is 0 Å². The predicted molar refractivity (Wildman–Crippen MR) is 247 cm³/mol. The SMILES string of the molecule is O=c1c2cc([P+](=O)c3ccc4c(c3)c(=O)c3ccc(Oc5ccccc5)c5c(=O)c6ccccc6n4c35)ccc2n2c3ccccc3c(=O)c3c(Oc4ccccc4)ccc1c32. The van der Waals surface area contributed by atoms with Gasteiger partial charge in [0.15, 0.2) is 21.5 Å². The minimum atomic E-state index is -2.32. The highest BCUT2D eigenvalue weighted by Gasteiger charge is 2.29. The van der Waals surface area contributed by atoms with E-state index in [2.05, 4.69) is 0 Å². The lowest BCUT2D eigenvalue weighted by Crippen LogP contribution is -2.17. The third-order valence-corrected chi connectivity index (χ3v) is 13.3. The molecule has 62 heavy (non-hydrogen) atoms. The lowest BCUT2D eigenvalue weighted by Gasteiger charge is -2.17. The molecule has 8 aromatic carbocycles. The Hall–Kier alpha value is -8.26. The second kappa shape index (κ2) is 13.4. The van der Waals surface area contributed by atoms with Gasteiger partial charge < -0.3 is 18.3 Å². The third kappa shape index (κ3) is 5.09. The van der Waals surface area contributed by atoms with Crippen molar-refractivity contribution in [2.45, 2.75) is 0 Å². The van der Waals surface area contributed by atoms with Gasteiger partial charge in [0.25, 0.3) is 0 Å². The molecule has 0 bridgehead atoms. The van der Waals surface area contributed by atoms with Crippen LogP contribution in [0.1, 0.15) is 0 Å². The summed E-state index contributed by atoms with van der Waals surface area (Å²) in [6.07, 6.45) is 0. The number of aromatic nitrogens is 2. The number of rotatable bonds is 6. The summed E-state index contributed by atoms with van der Waals surface area (Å²) in [6.45, 7) is 0. The highest BCUT2D eigenvalue weighted by molar-refractivity contribution is 7.61. The van der Waals surface area contributed by atoms with Gasteiger partial charge >= 0.3 is 7.80 Å². The molecule has 0 unspecified atom stereocenters. The summed E-state index contributed by atoms with van der Waals surface area (Å²) in [5.74, 6) is 1.76. The lowest BCUT2D eigenvalue weighted by atomic mass is 10.0. The van der Waals surface area contributed by atoms with E-state index in [4.69, 9.17) is 9.47 Å². The first-order valence-electron chi connectivity index (χ1n) is 19.9. The molecule has 12 aromatic rings. The van der Waals surface area contributed by atoms with E-state index in [1.54, 1.807) is 109 Å². The zero-order valence-corrected chi connectivity index (χ0v) is 33.3. The van der Waals surface area contributed by atoms with E-state index >= 15 is 0 Å². The maximum atomic E-state index is 14.7. The minimum absolute atomic E-state index is 0.253. The third-order valence-electron chi connectivity index (χ3n) is 11.8. The molecule has 0 atom stereocenters. The van der Waals surface area contributed by atoms with Crippen molar-refractivity contribution in [1.29, 1.82) is 0 Å². The molecule has 0 aliphatic carbocycles. The van der Waals surface area contributed by atoms with Crippen molar-refractivity contribution in [1.82, 2.24) is 8.80 Å². The molecule has 0 saturated heterocycles. The standard InChI is InChI=1S/C52H28N2O7P/c55-49-35-21-25-43(60-29-11-3-1-4-12-29)45-47(35)53(39-17-9-7-15-33(39)51(45)57)41-23-19-31(27-37(41)49)62(59)32-20-24-42-38(28-32)50(56)36-22-26-44(61-30-13-5-2-6-14-30)46-48(36)54(42)40-18-10-8-16-34(40)52(46)58/h1-28H/q+1. The molecule has 10 heteroatoms. The van der Waals surface area contributed by atoms with E-state index in [1.165, 1.54) is 0 Å². The number of para-hydroxylation sites is 4. The average Bonchev–Trinajstić information content (AvgIpc) is 3.31. The normalized spacial score (nSPS) is 11.9. The zero-order valence-electron chi connectivity index (χ0n) is 32.4. The van der Waals surface area contributed by atoms with E-state index in [9.17, 15) is 23.7 Å². The molecule has 0 saturated carbocycles. The maximum Gasteiger partial charge on any atom is 0.415 e. The monoisotopic (exact) mass is 823 g/mol. The fourth-order valence-corrected chi connectivity index (χ4v) is 10.3. The quantitative estimate of drug-likeness (QED) is 0.0933. The minimum Gasteiger partial charge on any atom is -0.457 e. The van der Waals surface area contributed by atoms with Gasteiger partial charge in [0.2, 0.25) is 10.9 Å². The van der Waals surface area contributed by atoms with Crippen LogP contribution in [-0.4, -0.2) is 8.80 Å². The molecule has 0 aliphatic rings. The van der Waals surface area contributed by atoms with Gasteiger partial charge in [-0.05, 0) is 97.1 Å². The van der Waals surface area contributed by atoms with E-state index in [-0.39, 0.29) is 32.5 Å². The number of hydrogen-bond donors (Lipinski definition) is 0. The van der Waals surface area contributed by atoms with Crippen molar-refractivity contribution in [2.24, 2.45) is 0 Å². The van der Waals surface area contributed by atoms with Crippen LogP contribution in [-0.2, 0) is 4.57 Å². The Morgan fingerprint density at radius 3 is 1.18 bits per heavy atom. The summed E-state index contributed by atoms with van der Waals surface area (Å²) in [7, 11) is -2.32. The summed E-state index contributed by atoms with van der Waals surface area (Å²) in [5.41, 5.74) is 2.03. The average molecular weight is 824 g/mol. The van der Waals surface area contributed by atoms with Crippen molar-refractivity contribution in [2.75, 3.05) is 0 Å². The van der Waals surface area contributed by atoms with E-state index in [1.807, 2.05) is 69.5 Å². The Bertz CT molecular complexity index is 3880. The second-order valence-electron chi connectivity index (χ2n) is 15.2. The highest BCUT2D eigenvalue weighted by atomic mass is 31.1. The molecule has 4 aromatic heterocycles. The van der Waals surface area contributed by atoms with Crippen molar-refractivity contribution in [3.63, 3.8) is 0 Å². The van der Waals surface area contributed by atoms with Gasteiger partial charge in [-0.15, -0.1) is 0 Å². The van der Waals surface area contributed by atoms with Crippen molar-refractivity contribution < 1.29 is 14.0 Å². The van der Waals surface area contributed by atoms with Gasteiger partial charge in [-0.3, -0.25) is 19.2 Å². The first-order valence-corrected chi connectivity index (χ1v) is 21.1. The lowest BCUT2D eigenvalue weighted by molar-refractivity contribution is 0.488. The number of nitrogens with zero attached hydrogens (tertiary/aromatic N) is 2.